The number of rotatable bonds is 5. The van der Waals surface area contributed by atoms with E-state index in [0.717, 1.165) is 6.26 Å². The van der Waals surface area contributed by atoms with E-state index in [4.69, 9.17) is 18.5 Å². The van der Waals surface area contributed by atoms with Crippen LogP contribution in [0, 0.1) is 0 Å². The molecular weight excluding hydrogens is 425 g/mol. The molecule has 8 nitrogen and oxygen atoms in total. The first-order chi connectivity index (χ1) is 15.2. The van der Waals surface area contributed by atoms with Crippen LogP contribution >= 0.6 is 0 Å². The van der Waals surface area contributed by atoms with Gasteiger partial charge in [-0.15, -0.1) is 0 Å². The number of hydrogen-bond acceptors (Lipinski definition) is 7. The van der Waals surface area contributed by atoms with Crippen LogP contribution in [0.4, 0.5) is 4.79 Å². The molecule has 1 aliphatic heterocycles. The van der Waals surface area contributed by atoms with Crippen LogP contribution in [0.15, 0.2) is 39.1 Å². The normalized spacial score (nSPS) is 17.8. The standard InChI is InChI=1S/C24H30BNO7/c1-22(2,3)31-21(29)26-12-17(25-32-23(4,5)24(6,7)33-25)10-15-8-9-19-18(11-15)20(28)16(13-27)14-30-19/h8-11,13-14H,12H2,1-7H3,(H,26,29). The van der Waals surface area contributed by atoms with E-state index in [1.165, 1.54) is 0 Å². The number of nitrogens with one attached hydrogen (secondary N) is 1. The van der Waals surface area contributed by atoms with Crippen LogP contribution in [0.1, 0.15) is 64.4 Å². The number of aldehydes is 1. The molecule has 9 heteroatoms. The quantitative estimate of drug-likeness (QED) is 0.534. The summed E-state index contributed by atoms with van der Waals surface area (Å²) in [6.45, 7) is 13.2. The molecule has 0 spiro atoms. The maximum atomic E-state index is 12.5. The van der Waals surface area contributed by atoms with Crippen molar-refractivity contribution in [2.45, 2.75) is 65.3 Å². The van der Waals surface area contributed by atoms with Crippen molar-refractivity contribution in [2.75, 3.05) is 6.54 Å². The molecule has 0 bridgehead atoms. The lowest BCUT2D eigenvalue weighted by molar-refractivity contribution is 0.00578. The Morgan fingerprint density at radius 1 is 1.15 bits per heavy atom. The summed E-state index contributed by atoms with van der Waals surface area (Å²) in [7, 11) is -0.724. The van der Waals surface area contributed by atoms with Gasteiger partial charge in [-0.3, -0.25) is 9.59 Å². The molecule has 1 aliphatic rings. The molecule has 1 saturated heterocycles. The third-order valence-electron chi connectivity index (χ3n) is 5.69. The summed E-state index contributed by atoms with van der Waals surface area (Å²) in [6, 6.07) is 5.05. The molecule has 2 aromatic rings. The number of carbonyl (C=O) groups is 2. The van der Waals surface area contributed by atoms with Crippen LogP contribution in [0.25, 0.3) is 17.0 Å². The van der Waals surface area contributed by atoms with Gasteiger partial charge in [0, 0.05) is 6.54 Å². The molecule has 0 saturated carbocycles. The Morgan fingerprint density at radius 3 is 2.36 bits per heavy atom. The van der Waals surface area contributed by atoms with Crippen LogP contribution < -0.4 is 10.7 Å². The number of hydrogen-bond donors (Lipinski definition) is 1. The highest BCUT2D eigenvalue weighted by molar-refractivity contribution is 6.56. The van der Waals surface area contributed by atoms with E-state index in [-0.39, 0.29) is 17.5 Å². The van der Waals surface area contributed by atoms with Crippen molar-refractivity contribution in [3.05, 3.63) is 51.3 Å². The number of benzene rings is 1. The summed E-state index contributed by atoms with van der Waals surface area (Å²) in [4.78, 5) is 35.9. The van der Waals surface area contributed by atoms with Gasteiger partial charge in [0.15, 0.2) is 6.29 Å². The van der Waals surface area contributed by atoms with Crippen molar-refractivity contribution in [1.29, 1.82) is 0 Å². The second kappa shape index (κ2) is 8.80. The van der Waals surface area contributed by atoms with Gasteiger partial charge in [-0.05, 0) is 71.6 Å². The molecule has 0 atom stereocenters. The predicted molar refractivity (Wildman–Crippen MR) is 126 cm³/mol. The number of fused-ring (bicyclic) bond motifs is 1. The van der Waals surface area contributed by atoms with Gasteiger partial charge in [0.2, 0.25) is 5.43 Å². The highest BCUT2D eigenvalue weighted by Gasteiger charge is 2.52. The average molecular weight is 455 g/mol. The van der Waals surface area contributed by atoms with Crippen molar-refractivity contribution in [2.24, 2.45) is 0 Å². The van der Waals surface area contributed by atoms with E-state index < -0.39 is 35.4 Å². The maximum absolute atomic E-state index is 12.5. The third kappa shape index (κ3) is 5.54. The minimum Gasteiger partial charge on any atom is -0.463 e. The van der Waals surface area contributed by atoms with Gasteiger partial charge >= 0.3 is 13.2 Å². The van der Waals surface area contributed by atoms with Crippen LogP contribution in [0.2, 0.25) is 0 Å². The Kier molecular flexibility index (Phi) is 6.59. The monoisotopic (exact) mass is 455 g/mol. The summed E-state index contributed by atoms with van der Waals surface area (Å²) < 4.78 is 23.1. The highest BCUT2D eigenvalue weighted by Crippen LogP contribution is 2.38. The van der Waals surface area contributed by atoms with Crippen molar-refractivity contribution in [1.82, 2.24) is 5.32 Å². The van der Waals surface area contributed by atoms with E-state index in [2.05, 4.69) is 5.32 Å². The first kappa shape index (κ1) is 24.7. The van der Waals surface area contributed by atoms with Crippen molar-refractivity contribution >= 4 is 36.5 Å². The van der Waals surface area contributed by atoms with Crippen LogP contribution in [0.5, 0.6) is 0 Å². The zero-order chi connectivity index (χ0) is 24.6. The van der Waals surface area contributed by atoms with E-state index in [1.807, 2.05) is 27.7 Å². The zero-order valence-corrected chi connectivity index (χ0v) is 20.1. The zero-order valence-electron chi connectivity index (χ0n) is 20.1. The molecule has 0 unspecified atom stereocenters. The van der Waals surface area contributed by atoms with Gasteiger partial charge in [-0.1, -0.05) is 12.1 Å². The molecule has 1 aromatic carbocycles. The molecular formula is C24H30BNO7. The van der Waals surface area contributed by atoms with Gasteiger partial charge in [0.25, 0.3) is 0 Å². The number of alkyl carbamates (subject to hydrolysis) is 1. The molecule has 0 radical (unpaired) electrons. The first-order valence-electron chi connectivity index (χ1n) is 10.8. The van der Waals surface area contributed by atoms with Crippen LogP contribution in [-0.4, -0.2) is 42.8 Å². The molecule has 33 heavy (non-hydrogen) atoms. The predicted octanol–water partition coefficient (Wildman–Crippen LogP) is 4.15. The SMILES string of the molecule is CC(C)(C)OC(=O)NCC(=Cc1ccc2occ(C=O)c(=O)c2c1)B1OC(C)(C)C(C)(C)O1. The Morgan fingerprint density at radius 2 is 1.79 bits per heavy atom. The summed E-state index contributed by atoms with van der Waals surface area (Å²) in [5.41, 5.74) is -0.596. The minimum atomic E-state index is -0.724. The fraction of sp³-hybridized carbons (Fsp3) is 0.458. The lowest BCUT2D eigenvalue weighted by Crippen LogP contribution is -2.41. The number of carbonyl (C=O) groups excluding carboxylic acids is 2. The summed E-state index contributed by atoms with van der Waals surface area (Å²) >= 11 is 0. The van der Waals surface area contributed by atoms with Crippen molar-refractivity contribution in [3.63, 3.8) is 0 Å². The lowest BCUT2D eigenvalue weighted by atomic mass is 9.77. The van der Waals surface area contributed by atoms with Gasteiger partial charge in [0.05, 0.1) is 22.2 Å². The maximum Gasteiger partial charge on any atom is 0.492 e. The second-order valence-electron chi connectivity index (χ2n) is 10.1. The average Bonchev–Trinajstić information content (AvgIpc) is 2.91. The molecule has 0 aliphatic carbocycles. The van der Waals surface area contributed by atoms with Gasteiger partial charge in [-0.2, -0.15) is 0 Å². The Balaban J connectivity index is 1.98. The Labute approximate surface area is 193 Å². The molecule has 1 aromatic heterocycles. The van der Waals surface area contributed by atoms with Crippen LogP contribution in [0.3, 0.4) is 0 Å². The smallest absolute Gasteiger partial charge is 0.463 e. The molecule has 176 valence electrons. The molecule has 1 N–H and O–H groups in total. The van der Waals surface area contributed by atoms with Crippen LogP contribution in [-0.2, 0) is 14.0 Å². The molecule has 1 amide bonds. The summed E-state index contributed by atoms with van der Waals surface area (Å²) in [5.74, 6) is 0. The topological polar surface area (TPSA) is 104 Å². The molecule has 2 heterocycles. The number of amides is 1. The van der Waals surface area contributed by atoms with E-state index >= 15 is 0 Å². The fourth-order valence-corrected chi connectivity index (χ4v) is 3.23. The van der Waals surface area contributed by atoms with Crippen molar-refractivity contribution in [3.8, 4) is 0 Å². The Hall–Kier alpha value is -2.91. The van der Waals surface area contributed by atoms with E-state index in [9.17, 15) is 14.4 Å². The van der Waals surface area contributed by atoms with Gasteiger partial charge in [-0.25, -0.2) is 4.79 Å². The largest absolute Gasteiger partial charge is 0.492 e. The molecule has 3 rings (SSSR count). The van der Waals surface area contributed by atoms with E-state index in [1.54, 1.807) is 45.0 Å². The first-order valence-corrected chi connectivity index (χ1v) is 10.8. The second-order valence-corrected chi connectivity index (χ2v) is 10.1. The molecule has 1 fully saturated rings. The van der Waals surface area contributed by atoms with E-state index in [0.29, 0.717) is 22.9 Å². The third-order valence-corrected chi connectivity index (χ3v) is 5.69. The highest BCUT2D eigenvalue weighted by atomic mass is 16.7. The van der Waals surface area contributed by atoms with Gasteiger partial charge < -0.3 is 23.8 Å². The van der Waals surface area contributed by atoms with Crippen molar-refractivity contribution < 1.29 is 28.1 Å². The Bertz CT molecular complexity index is 1140. The summed E-state index contributed by atoms with van der Waals surface area (Å²) in [6.07, 6.45) is 2.83. The lowest BCUT2D eigenvalue weighted by Gasteiger charge is -2.32. The fourth-order valence-electron chi connectivity index (χ4n) is 3.23. The summed E-state index contributed by atoms with van der Waals surface area (Å²) in [5, 5.41) is 3.02. The van der Waals surface area contributed by atoms with Gasteiger partial charge in [0.1, 0.15) is 17.4 Å². The number of ether oxygens (including phenoxy) is 1. The minimum absolute atomic E-state index is 0.0543.